The second-order valence-electron chi connectivity index (χ2n) is 4.00. The average Bonchev–Trinajstić information content (AvgIpc) is 2.59. The van der Waals surface area contributed by atoms with E-state index in [1.165, 1.54) is 5.56 Å². The van der Waals surface area contributed by atoms with Crippen LogP contribution in [-0.4, -0.2) is 29.0 Å². The Morgan fingerprint density at radius 3 is 2.65 bits per heavy atom. The minimum absolute atomic E-state index is 0.0236. The van der Waals surface area contributed by atoms with Crippen LogP contribution in [0.3, 0.4) is 0 Å². The monoisotopic (exact) mass is 246 g/mol. The molecule has 0 bridgehead atoms. The van der Waals surface area contributed by atoms with Gasteiger partial charge in [0.25, 0.3) is 0 Å². The van der Waals surface area contributed by atoms with E-state index in [1.807, 2.05) is 36.1 Å². The number of aryl methyl sites for hydroxylation is 1. The number of amides is 1. The zero-order valence-corrected chi connectivity index (χ0v) is 10.5. The van der Waals surface area contributed by atoms with Gasteiger partial charge in [0.05, 0.1) is 0 Å². The number of nitrogens with zero attached hydrogens (tertiary/aromatic N) is 2. The van der Waals surface area contributed by atoms with Crippen molar-refractivity contribution in [1.82, 2.24) is 4.90 Å². The molecule has 1 amide bonds. The third-order valence-corrected chi connectivity index (χ3v) is 3.15. The van der Waals surface area contributed by atoms with E-state index in [0.717, 1.165) is 5.69 Å². The molecule has 1 aliphatic rings. The summed E-state index contributed by atoms with van der Waals surface area (Å²) in [6.45, 7) is 6.45. The molecule has 4 heteroatoms. The fraction of sp³-hybridized carbons (Fsp3) is 0.231. The number of rotatable bonds is 3. The first-order chi connectivity index (χ1) is 8.13. The molecule has 0 atom stereocenters. The third kappa shape index (κ3) is 2.22. The Kier molecular flexibility index (Phi) is 3.24. The molecule has 0 aliphatic carbocycles. The molecule has 1 aromatic rings. The van der Waals surface area contributed by atoms with Crippen LogP contribution in [0.1, 0.15) is 5.56 Å². The molecule has 17 heavy (non-hydrogen) atoms. The van der Waals surface area contributed by atoms with E-state index in [0.29, 0.717) is 18.2 Å². The molecule has 2 rings (SSSR count). The van der Waals surface area contributed by atoms with Crippen molar-refractivity contribution in [3.63, 3.8) is 0 Å². The topological polar surface area (TPSA) is 23.6 Å². The lowest BCUT2D eigenvalue weighted by Gasteiger charge is -2.19. The molecule has 0 unspecified atom stereocenters. The predicted octanol–water partition coefficient (Wildman–Crippen LogP) is 2.11. The summed E-state index contributed by atoms with van der Waals surface area (Å²) >= 11 is 5.30. The van der Waals surface area contributed by atoms with Crippen molar-refractivity contribution in [1.29, 1.82) is 0 Å². The van der Waals surface area contributed by atoms with Crippen molar-refractivity contribution in [2.45, 2.75) is 6.92 Å². The second-order valence-corrected chi connectivity index (χ2v) is 4.36. The van der Waals surface area contributed by atoms with Gasteiger partial charge in [0.2, 0.25) is 5.91 Å². The number of hydrogen-bond acceptors (Lipinski definition) is 2. The van der Waals surface area contributed by atoms with Gasteiger partial charge in [0, 0.05) is 12.2 Å². The van der Waals surface area contributed by atoms with Crippen molar-refractivity contribution in [3.8, 4) is 0 Å². The minimum atomic E-state index is 0.0236. The first-order valence-electron chi connectivity index (χ1n) is 5.43. The van der Waals surface area contributed by atoms with Gasteiger partial charge in [-0.05, 0) is 31.3 Å². The molecule has 0 saturated carbocycles. The molecular weight excluding hydrogens is 232 g/mol. The van der Waals surface area contributed by atoms with Crippen LogP contribution in [0.25, 0.3) is 0 Å². The van der Waals surface area contributed by atoms with Crippen molar-refractivity contribution < 1.29 is 4.79 Å². The van der Waals surface area contributed by atoms with E-state index in [1.54, 1.807) is 11.0 Å². The minimum Gasteiger partial charge on any atom is -0.309 e. The van der Waals surface area contributed by atoms with E-state index in [9.17, 15) is 4.79 Å². The molecule has 3 nitrogen and oxygen atoms in total. The number of carbonyl (C=O) groups is 1. The Bertz CT molecular complexity index is 467. The van der Waals surface area contributed by atoms with Crippen molar-refractivity contribution in [3.05, 3.63) is 42.5 Å². The number of benzene rings is 1. The first kappa shape index (κ1) is 11.8. The van der Waals surface area contributed by atoms with Crippen LogP contribution in [0, 0.1) is 6.92 Å². The maximum atomic E-state index is 11.8. The molecule has 0 aromatic heterocycles. The van der Waals surface area contributed by atoms with Gasteiger partial charge in [-0.3, -0.25) is 9.69 Å². The fourth-order valence-electron chi connectivity index (χ4n) is 1.78. The molecule has 0 N–H and O–H groups in total. The summed E-state index contributed by atoms with van der Waals surface area (Å²) in [6, 6.07) is 7.98. The zero-order valence-electron chi connectivity index (χ0n) is 9.72. The molecule has 1 heterocycles. The van der Waals surface area contributed by atoms with Crippen LogP contribution in [0.5, 0.6) is 0 Å². The van der Waals surface area contributed by atoms with Crippen molar-refractivity contribution in [2.24, 2.45) is 0 Å². The molecule has 1 aliphatic heterocycles. The largest absolute Gasteiger partial charge is 0.309 e. The van der Waals surface area contributed by atoms with Crippen LogP contribution in [0.2, 0.25) is 0 Å². The van der Waals surface area contributed by atoms with Gasteiger partial charge < -0.3 is 4.90 Å². The van der Waals surface area contributed by atoms with Gasteiger partial charge in [-0.1, -0.05) is 23.8 Å². The molecule has 0 spiro atoms. The summed E-state index contributed by atoms with van der Waals surface area (Å²) in [5, 5.41) is 0.554. The van der Waals surface area contributed by atoms with Gasteiger partial charge in [0.15, 0.2) is 5.11 Å². The normalized spacial score (nSPS) is 15.6. The number of anilines is 1. The van der Waals surface area contributed by atoms with E-state index < -0.39 is 0 Å². The maximum Gasteiger partial charge on any atom is 0.249 e. The molecular formula is C13H14N2OS. The Morgan fingerprint density at radius 2 is 2.06 bits per heavy atom. The van der Waals surface area contributed by atoms with Crippen LogP contribution in [0.4, 0.5) is 5.69 Å². The highest BCUT2D eigenvalue weighted by Crippen LogP contribution is 2.21. The number of hydrogen-bond donors (Lipinski definition) is 0. The summed E-state index contributed by atoms with van der Waals surface area (Å²) in [5.41, 5.74) is 2.15. The molecule has 1 aromatic carbocycles. The van der Waals surface area contributed by atoms with Crippen molar-refractivity contribution >= 4 is 28.9 Å². The number of carbonyl (C=O) groups excluding carboxylic acids is 1. The van der Waals surface area contributed by atoms with Crippen molar-refractivity contribution in [2.75, 3.05) is 18.0 Å². The molecule has 1 fully saturated rings. The summed E-state index contributed by atoms with van der Waals surface area (Å²) in [6.07, 6.45) is 1.68. The fourth-order valence-corrected chi connectivity index (χ4v) is 2.12. The predicted molar refractivity (Wildman–Crippen MR) is 73.0 cm³/mol. The number of thiocarbonyl (C=S) groups is 1. The zero-order chi connectivity index (χ0) is 12.4. The van der Waals surface area contributed by atoms with E-state index in [-0.39, 0.29) is 5.91 Å². The van der Waals surface area contributed by atoms with Crippen LogP contribution >= 0.6 is 12.2 Å². The summed E-state index contributed by atoms with van der Waals surface area (Å²) < 4.78 is 0. The molecule has 1 saturated heterocycles. The highest BCUT2D eigenvalue weighted by Gasteiger charge is 2.32. The third-order valence-electron chi connectivity index (χ3n) is 2.71. The van der Waals surface area contributed by atoms with Crippen LogP contribution < -0.4 is 4.90 Å². The SMILES string of the molecule is C=CCN1C(=O)CN(c2ccc(C)cc2)C1=S. The summed E-state index contributed by atoms with van der Waals surface area (Å²) in [7, 11) is 0. The van der Waals surface area contributed by atoms with Crippen LogP contribution in [-0.2, 0) is 4.79 Å². The molecule has 0 radical (unpaired) electrons. The smallest absolute Gasteiger partial charge is 0.249 e. The van der Waals surface area contributed by atoms with E-state index in [2.05, 4.69) is 6.58 Å². The van der Waals surface area contributed by atoms with Gasteiger partial charge in [-0.2, -0.15) is 0 Å². The van der Waals surface area contributed by atoms with Gasteiger partial charge in [0.1, 0.15) is 6.54 Å². The highest BCUT2D eigenvalue weighted by atomic mass is 32.1. The van der Waals surface area contributed by atoms with Crippen LogP contribution in [0.15, 0.2) is 36.9 Å². The second kappa shape index (κ2) is 4.67. The standard InChI is InChI=1S/C13H14N2OS/c1-3-8-14-12(16)9-15(13(14)17)11-6-4-10(2)5-7-11/h3-7H,1,8-9H2,2H3. The van der Waals surface area contributed by atoms with Gasteiger partial charge >= 0.3 is 0 Å². The van der Waals surface area contributed by atoms with Gasteiger partial charge in [-0.15, -0.1) is 6.58 Å². The summed E-state index contributed by atoms with van der Waals surface area (Å²) in [5.74, 6) is 0.0236. The Labute approximate surface area is 106 Å². The maximum absolute atomic E-state index is 11.8. The lowest BCUT2D eigenvalue weighted by Crippen LogP contribution is -2.32. The van der Waals surface area contributed by atoms with E-state index in [4.69, 9.17) is 12.2 Å². The van der Waals surface area contributed by atoms with Gasteiger partial charge in [-0.25, -0.2) is 0 Å². The Balaban J connectivity index is 2.24. The first-order valence-corrected chi connectivity index (χ1v) is 5.83. The summed E-state index contributed by atoms with van der Waals surface area (Å²) in [4.78, 5) is 15.2. The average molecular weight is 246 g/mol. The molecule has 88 valence electrons. The lowest BCUT2D eigenvalue weighted by molar-refractivity contribution is -0.124. The Morgan fingerprint density at radius 1 is 1.41 bits per heavy atom. The van der Waals surface area contributed by atoms with E-state index >= 15 is 0 Å². The lowest BCUT2D eigenvalue weighted by atomic mass is 10.2. The quantitative estimate of drug-likeness (QED) is 0.603. The highest BCUT2D eigenvalue weighted by molar-refractivity contribution is 7.80. The Hall–Kier alpha value is -1.68.